The van der Waals surface area contributed by atoms with Crippen molar-refractivity contribution >= 4 is 22.9 Å². The van der Waals surface area contributed by atoms with E-state index in [1.165, 1.54) is 0 Å². The molecule has 2 rings (SSSR count). The number of thiocarbonyl (C=S) groups is 1. The van der Waals surface area contributed by atoms with E-state index in [-0.39, 0.29) is 0 Å². The highest BCUT2D eigenvalue weighted by atomic mass is 32.1. The molecule has 1 heterocycles. The van der Waals surface area contributed by atoms with Gasteiger partial charge in [0.1, 0.15) is 4.99 Å². The highest BCUT2D eigenvalue weighted by Crippen LogP contribution is 2.16. The number of hydrogen-bond donors (Lipinski definition) is 2. The zero-order chi connectivity index (χ0) is 13.0. The van der Waals surface area contributed by atoms with Crippen LogP contribution < -0.4 is 11.1 Å². The summed E-state index contributed by atoms with van der Waals surface area (Å²) in [6.45, 7) is 3.70. The van der Waals surface area contributed by atoms with Gasteiger partial charge in [0.25, 0.3) is 0 Å². The van der Waals surface area contributed by atoms with E-state index in [1.54, 1.807) is 6.20 Å². The smallest absolute Gasteiger partial charge is 0.103 e. The molecule has 1 aromatic heterocycles. The van der Waals surface area contributed by atoms with Gasteiger partial charge < -0.3 is 11.1 Å². The third-order valence-electron chi connectivity index (χ3n) is 2.73. The molecule has 4 nitrogen and oxygen atoms in total. The van der Waals surface area contributed by atoms with E-state index < -0.39 is 0 Å². The van der Waals surface area contributed by atoms with Gasteiger partial charge in [-0.2, -0.15) is 5.10 Å². The molecule has 0 radical (unpaired) electrons. The second-order valence-corrected chi connectivity index (χ2v) is 4.53. The van der Waals surface area contributed by atoms with E-state index in [4.69, 9.17) is 18.0 Å². The van der Waals surface area contributed by atoms with Crippen molar-refractivity contribution in [3.63, 3.8) is 0 Å². The first-order chi connectivity index (χ1) is 8.66. The molecule has 1 aromatic carbocycles. The molecule has 0 bridgehead atoms. The van der Waals surface area contributed by atoms with E-state index in [0.717, 1.165) is 29.9 Å². The second kappa shape index (κ2) is 5.64. The van der Waals surface area contributed by atoms with Crippen LogP contribution in [0, 0.1) is 6.92 Å². The van der Waals surface area contributed by atoms with Crippen LogP contribution in [0.25, 0.3) is 0 Å². The number of nitrogens with zero attached hydrogens (tertiary/aromatic N) is 2. The van der Waals surface area contributed by atoms with Crippen molar-refractivity contribution in [3.8, 4) is 0 Å². The number of nitrogens with one attached hydrogen (secondary N) is 1. The number of aromatic nitrogens is 2. The predicted octanol–water partition coefficient (Wildman–Crippen LogP) is 1.94. The van der Waals surface area contributed by atoms with E-state index in [2.05, 4.69) is 10.4 Å². The van der Waals surface area contributed by atoms with Gasteiger partial charge >= 0.3 is 0 Å². The molecule has 0 unspecified atom stereocenters. The summed E-state index contributed by atoms with van der Waals surface area (Å²) in [5.41, 5.74) is 8.74. The van der Waals surface area contributed by atoms with Gasteiger partial charge in [0, 0.05) is 30.2 Å². The van der Waals surface area contributed by atoms with Crippen molar-refractivity contribution < 1.29 is 0 Å². The van der Waals surface area contributed by atoms with Crippen molar-refractivity contribution in [2.24, 2.45) is 5.73 Å². The Morgan fingerprint density at radius 2 is 2.33 bits per heavy atom. The zero-order valence-corrected chi connectivity index (χ0v) is 11.1. The van der Waals surface area contributed by atoms with Gasteiger partial charge in [-0.05, 0) is 36.8 Å². The van der Waals surface area contributed by atoms with Crippen molar-refractivity contribution in [2.75, 3.05) is 11.9 Å². The largest absolute Gasteiger partial charge is 0.389 e. The Balaban J connectivity index is 1.95. The molecule has 0 amide bonds. The summed E-state index contributed by atoms with van der Waals surface area (Å²) in [6, 6.07) is 7.86. The lowest BCUT2D eigenvalue weighted by molar-refractivity contribution is 0.638. The van der Waals surface area contributed by atoms with Crippen molar-refractivity contribution in [1.29, 1.82) is 0 Å². The highest BCUT2D eigenvalue weighted by molar-refractivity contribution is 7.80. The maximum atomic E-state index is 5.60. The molecule has 0 atom stereocenters. The fourth-order valence-electron chi connectivity index (χ4n) is 1.75. The van der Waals surface area contributed by atoms with Crippen LogP contribution in [0.15, 0.2) is 36.7 Å². The summed E-state index contributed by atoms with van der Waals surface area (Å²) < 4.78 is 1.89. The van der Waals surface area contributed by atoms with E-state index in [0.29, 0.717) is 4.99 Å². The van der Waals surface area contributed by atoms with Gasteiger partial charge in [-0.3, -0.25) is 4.68 Å². The first kappa shape index (κ1) is 12.6. The van der Waals surface area contributed by atoms with Crippen LogP contribution in [0.5, 0.6) is 0 Å². The van der Waals surface area contributed by atoms with Gasteiger partial charge in [-0.1, -0.05) is 12.2 Å². The SMILES string of the molecule is Cc1cc(C(N)=S)ccc1NCCn1cccn1. The summed E-state index contributed by atoms with van der Waals surface area (Å²) >= 11 is 4.95. The Kier molecular flexibility index (Phi) is 3.94. The molecule has 0 saturated heterocycles. The lowest BCUT2D eigenvalue weighted by Gasteiger charge is -2.11. The standard InChI is InChI=1S/C13H16N4S/c1-10-9-11(13(14)18)3-4-12(10)15-6-8-17-7-2-5-16-17/h2-5,7,9,15H,6,8H2,1H3,(H2,14,18). The number of rotatable bonds is 5. The van der Waals surface area contributed by atoms with Gasteiger partial charge in [0.2, 0.25) is 0 Å². The predicted molar refractivity (Wildman–Crippen MR) is 77.8 cm³/mol. The first-order valence-corrected chi connectivity index (χ1v) is 6.19. The minimum Gasteiger partial charge on any atom is -0.389 e. The lowest BCUT2D eigenvalue weighted by Crippen LogP contribution is -2.13. The Hall–Kier alpha value is -1.88. The molecular weight excluding hydrogens is 244 g/mol. The minimum atomic E-state index is 0.432. The minimum absolute atomic E-state index is 0.432. The Morgan fingerprint density at radius 3 is 2.94 bits per heavy atom. The molecule has 18 heavy (non-hydrogen) atoms. The molecule has 94 valence electrons. The van der Waals surface area contributed by atoms with E-state index >= 15 is 0 Å². The zero-order valence-electron chi connectivity index (χ0n) is 10.3. The van der Waals surface area contributed by atoms with Crippen LogP contribution in [-0.4, -0.2) is 21.3 Å². The molecule has 0 spiro atoms. The lowest BCUT2D eigenvalue weighted by atomic mass is 10.1. The summed E-state index contributed by atoms with van der Waals surface area (Å²) in [5, 5.41) is 7.52. The third-order valence-corrected chi connectivity index (χ3v) is 2.96. The molecule has 3 N–H and O–H groups in total. The molecule has 0 aliphatic rings. The van der Waals surface area contributed by atoms with Crippen molar-refractivity contribution in [2.45, 2.75) is 13.5 Å². The summed E-state index contributed by atoms with van der Waals surface area (Å²) in [6.07, 6.45) is 3.73. The fraction of sp³-hybridized carbons (Fsp3) is 0.231. The van der Waals surface area contributed by atoms with Crippen LogP contribution in [0.3, 0.4) is 0 Å². The molecular formula is C13H16N4S. The number of aryl methyl sites for hydroxylation is 1. The summed E-state index contributed by atoms with van der Waals surface area (Å²) in [5.74, 6) is 0. The summed E-state index contributed by atoms with van der Waals surface area (Å²) in [7, 11) is 0. The maximum Gasteiger partial charge on any atom is 0.103 e. The van der Waals surface area contributed by atoms with Crippen molar-refractivity contribution in [1.82, 2.24) is 9.78 Å². The maximum absolute atomic E-state index is 5.60. The Labute approximate surface area is 112 Å². The fourth-order valence-corrected chi connectivity index (χ4v) is 1.88. The monoisotopic (exact) mass is 260 g/mol. The number of benzene rings is 1. The number of anilines is 1. The average molecular weight is 260 g/mol. The molecule has 0 fully saturated rings. The van der Waals surface area contributed by atoms with Gasteiger partial charge in [0.15, 0.2) is 0 Å². The molecule has 0 saturated carbocycles. The van der Waals surface area contributed by atoms with Crippen LogP contribution in [0.4, 0.5) is 5.69 Å². The third kappa shape index (κ3) is 3.07. The van der Waals surface area contributed by atoms with Gasteiger partial charge in [-0.15, -0.1) is 0 Å². The number of nitrogens with two attached hydrogens (primary N) is 1. The first-order valence-electron chi connectivity index (χ1n) is 5.78. The van der Waals surface area contributed by atoms with Gasteiger partial charge in [-0.25, -0.2) is 0 Å². The Morgan fingerprint density at radius 1 is 1.50 bits per heavy atom. The van der Waals surface area contributed by atoms with Crippen LogP contribution in [0.1, 0.15) is 11.1 Å². The highest BCUT2D eigenvalue weighted by Gasteiger charge is 2.01. The van der Waals surface area contributed by atoms with Crippen molar-refractivity contribution in [3.05, 3.63) is 47.8 Å². The molecule has 0 aliphatic carbocycles. The number of hydrogen-bond acceptors (Lipinski definition) is 3. The van der Waals surface area contributed by atoms with Gasteiger partial charge in [0.05, 0.1) is 6.54 Å². The van der Waals surface area contributed by atoms with E-state index in [9.17, 15) is 0 Å². The van der Waals surface area contributed by atoms with Crippen LogP contribution >= 0.6 is 12.2 Å². The molecule has 0 aliphatic heterocycles. The Bertz CT molecular complexity index is 534. The quantitative estimate of drug-likeness (QED) is 0.807. The molecule has 5 heteroatoms. The normalized spacial score (nSPS) is 10.3. The average Bonchev–Trinajstić information content (AvgIpc) is 2.84. The van der Waals surface area contributed by atoms with E-state index in [1.807, 2.05) is 42.1 Å². The second-order valence-electron chi connectivity index (χ2n) is 4.09. The van der Waals surface area contributed by atoms with Crippen LogP contribution in [0.2, 0.25) is 0 Å². The summed E-state index contributed by atoms with van der Waals surface area (Å²) in [4.78, 5) is 0.432. The van der Waals surface area contributed by atoms with Crippen LogP contribution in [-0.2, 0) is 6.54 Å². The topological polar surface area (TPSA) is 55.9 Å². The molecule has 2 aromatic rings.